The van der Waals surface area contributed by atoms with Gasteiger partial charge in [0, 0.05) is 30.5 Å². The Bertz CT molecular complexity index is 898. The SMILES string of the molecule is Cc1ccc2[nH]c(=O)c(CCNC(=O)C3=NNC(=O)CC3)cc2c1. The van der Waals surface area contributed by atoms with Gasteiger partial charge in [0.15, 0.2) is 0 Å². The average molecular weight is 326 g/mol. The molecule has 1 aromatic heterocycles. The summed E-state index contributed by atoms with van der Waals surface area (Å²) in [5, 5.41) is 7.44. The highest BCUT2D eigenvalue weighted by Gasteiger charge is 2.17. The molecule has 2 aromatic rings. The molecule has 1 aliphatic rings. The van der Waals surface area contributed by atoms with Crippen LogP contribution < -0.4 is 16.3 Å². The summed E-state index contributed by atoms with van der Waals surface area (Å²) in [7, 11) is 0. The summed E-state index contributed by atoms with van der Waals surface area (Å²) in [4.78, 5) is 37.9. The molecule has 0 fully saturated rings. The minimum Gasteiger partial charge on any atom is -0.351 e. The Kier molecular flexibility index (Phi) is 4.41. The fraction of sp³-hybridized carbons (Fsp3) is 0.294. The lowest BCUT2D eigenvalue weighted by atomic mass is 10.1. The van der Waals surface area contributed by atoms with Crippen LogP contribution in [0.1, 0.15) is 24.0 Å². The number of hydrazone groups is 1. The Morgan fingerprint density at radius 2 is 2.08 bits per heavy atom. The van der Waals surface area contributed by atoms with Crippen LogP contribution in [0.5, 0.6) is 0 Å². The summed E-state index contributed by atoms with van der Waals surface area (Å²) in [5.41, 5.74) is 4.97. The van der Waals surface area contributed by atoms with Crippen molar-refractivity contribution in [3.05, 3.63) is 45.7 Å². The molecule has 1 aromatic carbocycles. The molecule has 7 nitrogen and oxygen atoms in total. The van der Waals surface area contributed by atoms with E-state index in [0.29, 0.717) is 30.7 Å². The van der Waals surface area contributed by atoms with Crippen molar-refractivity contribution >= 4 is 28.4 Å². The second-order valence-electron chi connectivity index (χ2n) is 5.81. The molecule has 24 heavy (non-hydrogen) atoms. The predicted octanol–water partition coefficient (Wildman–Crippen LogP) is 0.761. The summed E-state index contributed by atoms with van der Waals surface area (Å²) >= 11 is 0. The van der Waals surface area contributed by atoms with Crippen LogP contribution in [0.3, 0.4) is 0 Å². The number of fused-ring (bicyclic) bond motifs is 1. The molecule has 0 saturated heterocycles. The third-order valence-corrected chi connectivity index (χ3v) is 3.92. The van der Waals surface area contributed by atoms with Crippen molar-refractivity contribution in [2.45, 2.75) is 26.2 Å². The standard InChI is InChI=1S/C17H18N4O3/c1-10-2-3-13-12(8-10)9-11(16(23)19-13)6-7-18-17(24)14-4-5-15(22)21-20-14/h2-3,8-9H,4-7H2,1H3,(H,18,24)(H,19,23)(H,21,22). The first-order valence-corrected chi connectivity index (χ1v) is 7.79. The number of aromatic amines is 1. The van der Waals surface area contributed by atoms with E-state index in [-0.39, 0.29) is 23.8 Å². The van der Waals surface area contributed by atoms with Gasteiger partial charge in [-0.15, -0.1) is 0 Å². The Morgan fingerprint density at radius 1 is 1.25 bits per heavy atom. The van der Waals surface area contributed by atoms with Crippen LogP contribution in [0.15, 0.2) is 34.2 Å². The lowest BCUT2D eigenvalue weighted by Gasteiger charge is -2.12. The maximum absolute atomic E-state index is 12.1. The molecule has 3 rings (SSSR count). The van der Waals surface area contributed by atoms with Crippen LogP contribution in [-0.2, 0) is 16.0 Å². The monoisotopic (exact) mass is 326 g/mol. The second kappa shape index (κ2) is 6.66. The molecule has 0 spiro atoms. The Hall–Kier alpha value is -2.96. The lowest BCUT2D eigenvalue weighted by Crippen LogP contribution is -2.38. The van der Waals surface area contributed by atoms with E-state index in [9.17, 15) is 14.4 Å². The molecule has 0 atom stereocenters. The molecule has 0 bridgehead atoms. The van der Waals surface area contributed by atoms with E-state index < -0.39 is 0 Å². The van der Waals surface area contributed by atoms with Gasteiger partial charge in [-0.3, -0.25) is 14.4 Å². The number of carbonyl (C=O) groups excluding carboxylic acids is 2. The molecule has 2 amide bonds. The summed E-state index contributed by atoms with van der Waals surface area (Å²) in [6.07, 6.45) is 1.01. The van der Waals surface area contributed by atoms with E-state index >= 15 is 0 Å². The number of aryl methyl sites for hydroxylation is 1. The summed E-state index contributed by atoms with van der Waals surface area (Å²) in [5.74, 6) is -0.507. The van der Waals surface area contributed by atoms with E-state index in [2.05, 4.69) is 20.8 Å². The zero-order valence-electron chi connectivity index (χ0n) is 13.3. The van der Waals surface area contributed by atoms with Gasteiger partial charge in [0.05, 0.1) is 0 Å². The fourth-order valence-corrected chi connectivity index (χ4v) is 2.61. The Labute approximate surface area is 138 Å². The highest BCUT2D eigenvalue weighted by atomic mass is 16.2. The lowest BCUT2D eigenvalue weighted by molar-refractivity contribution is -0.121. The zero-order chi connectivity index (χ0) is 17.1. The van der Waals surface area contributed by atoms with Crippen molar-refractivity contribution in [2.75, 3.05) is 6.54 Å². The number of rotatable bonds is 4. The smallest absolute Gasteiger partial charge is 0.267 e. The third-order valence-electron chi connectivity index (χ3n) is 3.92. The summed E-state index contributed by atoms with van der Waals surface area (Å²) < 4.78 is 0. The van der Waals surface area contributed by atoms with Crippen molar-refractivity contribution in [3.63, 3.8) is 0 Å². The van der Waals surface area contributed by atoms with E-state index in [1.54, 1.807) is 0 Å². The normalized spacial score (nSPS) is 14.2. The number of hydrogen-bond donors (Lipinski definition) is 3. The number of nitrogens with zero attached hydrogens (tertiary/aromatic N) is 1. The number of amides is 2. The van der Waals surface area contributed by atoms with E-state index in [0.717, 1.165) is 16.5 Å². The zero-order valence-corrected chi connectivity index (χ0v) is 13.3. The van der Waals surface area contributed by atoms with Gasteiger partial charge in [0.2, 0.25) is 5.91 Å². The number of aromatic nitrogens is 1. The number of hydrogen-bond acceptors (Lipinski definition) is 4. The highest BCUT2D eigenvalue weighted by molar-refractivity contribution is 6.39. The van der Waals surface area contributed by atoms with Crippen LogP contribution in [0.2, 0.25) is 0 Å². The average Bonchev–Trinajstić information content (AvgIpc) is 2.56. The Morgan fingerprint density at radius 3 is 2.83 bits per heavy atom. The second-order valence-corrected chi connectivity index (χ2v) is 5.81. The fourth-order valence-electron chi connectivity index (χ4n) is 2.61. The molecule has 7 heteroatoms. The molecule has 0 aliphatic carbocycles. The number of benzene rings is 1. The molecular formula is C17H18N4O3. The quantitative estimate of drug-likeness (QED) is 0.773. The topological polar surface area (TPSA) is 103 Å². The Balaban J connectivity index is 1.65. The highest BCUT2D eigenvalue weighted by Crippen LogP contribution is 2.13. The number of H-pyrrole nitrogens is 1. The van der Waals surface area contributed by atoms with Crippen LogP contribution in [0.25, 0.3) is 10.9 Å². The first kappa shape index (κ1) is 15.9. The van der Waals surface area contributed by atoms with Gasteiger partial charge in [0.1, 0.15) is 5.71 Å². The van der Waals surface area contributed by atoms with Crippen molar-refractivity contribution in [2.24, 2.45) is 5.10 Å². The van der Waals surface area contributed by atoms with Crippen molar-refractivity contribution in [1.82, 2.24) is 15.7 Å². The van der Waals surface area contributed by atoms with Crippen molar-refractivity contribution in [1.29, 1.82) is 0 Å². The third kappa shape index (κ3) is 3.51. The summed E-state index contributed by atoms with van der Waals surface area (Å²) in [6.45, 7) is 2.32. The van der Waals surface area contributed by atoms with Gasteiger partial charge in [-0.05, 0) is 36.9 Å². The van der Waals surface area contributed by atoms with E-state index in [1.165, 1.54) is 0 Å². The summed E-state index contributed by atoms with van der Waals surface area (Å²) in [6, 6.07) is 7.69. The molecule has 0 saturated carbocycles. The van der Waals surface area contributed by atoms with Crippen LogP contribution in [0.4, 0.5) is 0 Å². The van der Waals surface area contributed by atoms with Gasteiger partial charge in [-0.1, -0.05) is 11.6 Å². The predicted molar refractivity (Wildman–Crippen MR) is 90.8 cm³/mol. The number of carbonyl (C=O) groups is 2. The molecule has 1 aliphatic heterocycles. The molecule has 124 valence electrons. The molecule has 3 N–H and O–H groups in total. The van der Waals surface area contributed by atoms with Crippen LogP contribution in [0, 0.1) is 6.92 Å². The minimum atomic E-state index is -0.317. The van der Waals surface area contributed by atoms with Crippen LogP contribution in [-0.4, -0.2) is 29.1 Å². The van der Waals surface area contributed by atoms with Crippen molar-refractivity contribution < 1.29 is 9.59 Å². The number of nitrogens with one attached hydrogen (secondary N) is 3. The van der Waals surface area contributed by atoms with Gasteiger partial charge in [-0.2, -0.15) is 5.10 Å². The van der Waals surface area contributed by atoms with Crippen LogP contribution >= 0.6 is 0 Å². The van der Waals surface area contributed by atoms with E-state index in [4.69, 9.17) is 0 Å². The first-order valence-electron chi connectivity index (χ1n) is 7.79. The first-order chi connectivity index (χ1) is 11.5. The molecule has 2 heterocycles. The largest absolute Gasteiger partial charge is 0.351 e. The minimum absolute atomic E-state index is 0.150. The molecular weight excluding hydrogens is 308 g/mol. The maximum Gasteiger partial charge on any atom is 0.267 e. The van der Waals surface area contributed by atoms with Gasteiger partial charge >= 0.3 is 0 Å². The number of pyridine rings is 1. The van der Waals surface area contributed by atoms with Gasteiger partial charge < -0.3 is 10.3 Å². The molecule has 0 radical (unpaired) electrons. The van der Waals surface area contributed by atoms with Gasteiger partial charge in [0.25, 0.3) is 11.5 Å². The maximum atomic E-state index is 12.1. The molecule has 0 unspecified atom stereocenters. The van der Waals surface area contributed by atoms with Crippen molar-refractivity contribution in [3.8, 4) is 0 Å². The van der Waals surface area contributed by atoms with Gasteiger partial charge in [-0.25, -0.2) is 5.43 Å². The van der Waals surface area contributed by atoms with E-state index in [1.807, 2.05) is 31.2 Å².